The van der Waals surface area contributed by atoms with E-state index in [1.165, 1.54) is 38.5 Å². The Morgan fingerprint density at radius 1 is 1.04 bits per heavy atom. The molecule has 0 aliphatic heterocycles. The minimum absolute atomic E-state index is 0.101. The topological polar surface area (TPSA) is 40.5 Å². The molecule has 0 aromatic carbocycles. The standard InChI is InChI=1S/C26H44O2/c1-17(2)5-8-20(27)15-19-7-10-23-22-9-6-18-16-21(28)11-13-25(18,3)24(22)12-14-26(19,23)4/h6,17,19-24,27-28H,5,7-16H2,1-4H3/t19?,20-,21?,22?,23?,24?,25?,26?/m1/s1. The second-order valence-electron chi connectivity index (χ2n) is 11.8. The zero-order valence-corrected chi connectivity index (χ0v) is 18.8. The predicted octanol–water partition coefficient (Wildman–Crippen LogP) is 6.11. The number of hydrogen-bond acceptors (Lipinski definition) is 2. The number of aliphatic hydroxyl groups excluding tert-OH is 2. The molecule has 8 atom stereocenters. The number of aliphatic hydroxyl groups is 2. The molecule has 3 saturated carbocycles. The van der Waals surface area contributed by atoms with E-state index in [-0.39, 0.29) is 12.2 Å². The Kier molecular flexibility index (Phi) is 5.77. The van der Waals surface area contributed by atoms with E-state index in [4.69, 9.17) is 0 Å². The lowest BCUT2D eigenvalue weighted by Crippen LogP contribution is -2.50. The summed E-state index contributed by atoms with van der Waals surface area (Å²) in [6.45, 7) is 9.62. The minimum atomic E-state index is -0.104. The molecule has 2 N–H and O–H groups in total. The zero-order valence-electron chi connectivity index (χ0n) is 18.8. The lowest BCUT2D eigenvalue weighted by molar-refractivity contribution is -0.0557. The largest absolute Gasteiger partial charge is 0.393 e. The summed E-state index contributed by atoms with van der Waals surface area (Å²) in [4.78, 5) is 0. The molecule has 28 heavy (non-hydrogen) atoms. The maximum atomic E-state index is 10.7. The molecule has 3 fully saturated rings. The van der Waals surface area contributed by atoms with E-state index in [0.717, 1.165) is 49.9 Å². The van der Waals surface area contributed by atoms with Crippen molar-refractivity contribution in [3.63, 3.8) is 0 Å². The van der Waals surface area contributed by atoms with Crippen molar-refractivity contribution in [3.05, 3.63) is 11.6 Å². The summed E-state index contributed by atoms with van der Waals surface area (Å²) >= 11 is 0. The Bertz CT molecular complexity index is 595. The van der Waals surface area contributed by atoms with E-state index in [1.807, 2.05) is 0 Å². The molecule has 2 nitrogen and oxygen atoms in total. The van der Waals surface area contributed by atoms with Gasteiger partial charge in [0.25, 0.3) is 0 Å². The molecule has 0 saturated heterocycles. The van der Waals surface area contributed by atoms with Crippen molar-refractivity contribution in [2.24, 2.45) is 40.4 Å². The number of hydrogen-bond donors (Lipinski definition) is 2. The van der Waals surface area contributed by atoms with Gasteiger partial charge in [0.15, 0.2) is 0 Å². The molecule has 4 rings (SSSR count). The Morgan fingerprint density at radius 3 is 2.57 bits per heavy atom. The van der Waals surface area contributed by atoms with E-state index >= 15 is 0 Å². The van der Waals surface area contributed by atoms with Crippen LogP contribution < -0.4 is 0 Å². The van der Waals surface area contributed by atoms with Crippen LogP contribution in [0, 0.1) is 40.4 Å². The fourth-order valence-corrected chi connectivity index (χ4v) is 8.11. The highest BCUT2D eigenvalue weighted by atomic mass is 16.3. The average molecular weight is 389 g/mol. The summed E-state index contributed by atoms with van der Waals surface area (Å²) in [6.07, 6.45) is 15.3. The van der Waals surface area contributed by atoms with E-state index < -0.39 is 0 Å². The lowest BCUT2D eigenvalue weighted by Gasteiger charge is -2.58. The molecule has 0 spiro atoms. The molecule has 160 valence electrons. The third kappa shape index (κ3) is 3.51. The van der Waals surface area contributed by atoms with Crippen LogP contribution in [0.1, 0.15) is 98.3 Å². The molecule has 4 aliphatic rings. The van der Waals surface area contributed by atoms with E-state index in [2.05, 4.69) is 33.8 Å². The monoisotopic (exact) mass is 388 g/mol. The van der Waals surface area contributed by atoms with Crippen molar-refractivity contribution in [2.45, 2.75) is 111 Å². The van der Waals surface area contributed by atoms with Gasteiger partial charge in [-0.1, -0.05) is 39.3 Å². The van der Waals surface area contributed by atoms with Crippen LogP contribution in [0.2, 0.25) is 0 Å². The predicted molar refractivity (Wildman–Crippen MR) is 116 cm³/mol. The van der Waals surface area contributed by atoms with Crippen molar-refractivity contribution in [3.8, 4) is 0 Å². The molecule has 2 heteroatoms. The van der Waals surface area contributed by atoms with Crippen LogP contribution in [0.3, 0.4) is 0 Å². The van der Waals surface area contributed by atoms with Crippen molar-refractivity contribution in [1.29, 1.82) is 0 Å². The van der Waals surface area contributed by atoms with Crippen LogP contribution >= 0.6 is 0 Å². The highest BCUT2D eigenvalue weighted by Crippen LogP contribution is 2.66. The van der Waals surface area contributed by atoms with Crippen molar-refractivity contribution >= 4 is 0 Å². The Labute approximate surface area is 173 Å². The summed E-state index contributed by atoms with van der Waals surface area (Å²) in [5.41, 5.74) is 2.36. The highest BCUT2D eigenvalue weighted by Gasteiger charge is 2.58. The van der Waals surface area contributed by atoms with Gasteiger partial charge in [-0.05, 0) is 111 Å². The van der Waals surface area contributed by atoms with Crippen LogP contribution in [-0.4, -0.2) is 22.4 Å². The van der Waals surface area contributed by atoms with Gasteiger partial charge in [-0.3, -0.25) is 0 Å². The number of fused-ring (bicyclic) bond motifs is 5. The third-order valence-corrected chi connectivity index (χ3v) is 9.91. The quantitative estimate of drug-likeness (QED) is 0.558. The van der Waals surface area contributed by atoms with Gasteiger partial charge in [0.05, 0.1) is 12.2 Å². The fourth-order valence-electron chi connectivity index (χ4n) is 8.11. The molecule has 0 amide bonds. The third-order valence-electron chi connectivity index (χ3n) is 9.91. The van der Waals surface area contributed by atoms with Crippen LogP contribution in [0.25, 0.3) is 0 Å². The molecular weight excluding hydrogens is 344 g/mol. The van der Waals surface area contributed by atoms with Gasteiger partial charge in [-0.15, -0.1) is 0 Å². The second-order valence-corrected chi connectivity index (χ2v) is 11.8. The normalized spacial score (nSPS) is 46.5. The van der Waals surface area contributed by atoms with Gasteiger partial charge in [-0.2, -0.15) is 0 Å². The Balaban J connectivity index is 1.48. The number of allylic oxidation sites excluding steroid dienone is 1. The molecule has 0 aromatic heterocycles. The maximum absolute atomic E-state index is 10.7. The van der Waals surface area contributed by atoms with Crippen molar-refractivity contribution in [1.82, 2.24) is 0 Å². The lowest BCUT2D eigenvalue weighted by atomic mass is 9.47. The average Bonchev–Trinajstić information content (AvgIpc) is 2.97. The van der Waals surface area contributed by atoms with E-state index in [0.29, 0.717) is 22.7 Å². The maximum Gasteiger partial charge on any atom is 0.0577 e. The van der Waals surface area contributed by atoms with Crippen LogP contribution in [0.15, 0.2) is 11.6 Å². The first-order valence-corrected chi connectivity index (χ1v) is 12.3. The molecule has 0 bridgehead atoms. The molecule has 0 radical (unpaired) electrons. The summed E-state index contributed by atoms with van der Waals surface area (Å²) < 4.78 is 0. The first-order valence-electron chi connectivity index (χ1n) is 12.3. The molecular formula is C26H44O2. The van der Waals surface area contributed by atoms with Gasteiger partial charge in [0, 0.05) is 0 Å². The van der Waals surface area contributed by atoms with Crippen LogP contribution in [0.4, 0.5) is 0 Å². The van der Waals surface area contributed by atoms with Gasteiger partial charge in [0.1, 0.15) is 0 Å². The highest BCUT2D eigenvalue weighted by molar-refractivity contribution is 5.25. The summed E-state index contributed by atoms with van der Waals surface area (Å²) in [5.74, 6) is 3.90. The Morgan fingerprint density at radius 2 is 1.82 bits per heavy atom. The zero-order chi connectivity index (χ0) is 20.1. The van der Waals surface area contributed by atoms with Crippen molar-refractivity contribution in [2.75, 3.05) is 0 Å². The summed E-state index contributed by atoms with van der Waals surface area (Å²) in [5, 5.41) is 20.9. The smallest absolute Gasteiger partial charge is 0.0577 e. The molecule has 0 aromatic rings. The van der Waals surface area contributed by atoms with Crippen LogP contribution in [-0.2, 0) is 0 Å². The summed E-state index contributed by atoms with van der Waals surface area (Å²) in [6, 6.07) is 0. The number of rotatable bonds is 5. The van der Waals surface area contributed by atoms with Crippen LogP contribution in [0.5, 0.6) is 0 Å². The van der Waals surface area contributed by atoms with Gasteiger partial charge in [-0.25, -0.2) is 0 Å². The second kappa shape index (κ2) is 7.73. The minimum Gasteiger partial charge on any atom is -0.393 e. The molecule has 7 unspecified atom stereocenters. The first kappa shape index (κ1) is 20.9. The molecule has 4 aliphatic carbocycles. The van der Waals surface area contributed by atoms with Crippen molar-refractivity contribution < 1.29 is 10.2 Å². The van der Waals surface area contributed by atoms with Gasteiger partial charge in [0.2, 0.25) is 0 Å². The molecule has 0 heterocycles. The van der Waals surface area contributed by atoms with Gasteiger partial charge < -0.3 is 10.2 Å². The van der Waals surface area contributed by atoms with Gasteiger partial charge >= 0.3 is 0 Å². The first-order chi connectivity index (χ1) is 13.2. The fraction of sp³-hybridized carbons (Fsp3) is 0.923. The summed E-state index contributed by atoms with van der Waals surface area (Å²) in [7, 11) is 0. The van der Waals surface area contributed by atoms with E-state index in [9.17, 15) is 10.2 Å². The Hall–Kier alpha value is -0.340. The van der Waals surface area contributed by atoms with E-state index in [1.54, 1.807) is 5.57 Å². The SMILES string of the molecule is CC(C)CC[C@@H](O)CC1CCC2C3CC=C4CC(O)CCC4(C)C3CCC12C.